The predicted octanol–water partition coefficient (Wildman–Crippen LogP) is 2.41. The number of hydrogen-bond acceptors (Lipinski definition) is 5. The standard InChI is InChI=1S/C19H18ClFN6O/c20-15-7-4-8-16(21)18(15)19(28)26-11-9-25(10-12-26)13-17-22-23-24-27(17)14-5-2-1-3-6-14/h1-8H,9-13H2. The molecule has 0 bridgehead atoms. The molecular weight excluding hydrogens is 383 g/mol. The first-order valence-corrected chi connectivity index (χ1v) is 9.29. The second-order valence-corrected chi connectivity index (χ2v) is 6.91. The Labute approximate surface area is 166 Å². The van der Waals surface area contributed by atoms with Crippen LogP contribution < -0.4 is 0 Å². The van der Waals surface area contributed by atoms with E-state index in [1.807, 2.05) is 30.3 Å². The average molecular weight is 401 g/mol. The number of benzene rings is 2. The second kappa shape index (κ2) is 8.04. The third-order valence-electron chi connectivity index (χ3n) is 4.74. The maximum absolute atomic E-state index is 14.0. The van der Waals surface area contributed by atoms with Crippen molar-refractivity contribution < 1.29 is 9.18 Å². The number of nitrogens with zero attached hydrogens (tertiary/aromatic N) is 6. The lowest BCUT2D eigenvalue weighted by Gasteiger charge is -2.34. The molecule has 0 N–H and O–H groups in total. The van der Waals surface area contributed by atoms with Gasteiger partial charge in [0, 0.05) is 26.2 Å². The summed E-state index contributed by atoms with van der Waals surface area (Å²) in [6.45, 7) is 2.80. The summed E-state index contributed by atoms with van der Waals surface area (Å²) in [7, 11) is 0. The predicted molar refractivity (Wildman–Crippen MR) is 102 cm³/mol. The minimum atomic E-state index is -0.595. The van der Waals surface area contributed by atoms with Gasteiger partial charge in [-0.1, -0.05) is 35.9 Å². The van der Waals surface area contributed by atoms with Gasteiger partial charge < -0.3 is 4.90 Å². The molecule has 144 valence electrons. The molecule has 0 unspecified atom stereocenters. The van der Waals surface area contributed by atoms with Crippen LogP contribution in [0.2, 0.25) is 5.02 Å². The van der Waals surface area contributed by atoms with Gasteiger partial charge in [-0.3, -0.25) is 9.69 Å². The van der Waals surface area contributed by atoms with E-state index >= 15 is 0 Å². The highest BCUT2D eigenvalue weighted by atomic mass is 35.5. The number of para-hydroxylation sites is 1. The molecule has 1 fully saturated rings. The average Bonchev–Trinajstić information content (AvgIpc) is 3.17. The van der Waals surface area contributed by atoms with Crippen molar-refractivity contribution in [3.8, 4) is 5.69 Å². The van der Waals surface area contributed by atoms with E-state index in [-0.39, 0.29) is 16.5 Å². The molecule has 0 aliphatic carbocycles. The lowest BCUT2D eigenvalue weighted by Crippen LogP contribution is -2.48. The Kier molecular flexibility index (Phi) is 5.31. The van der Waals surface area contributed by atoms with Crippen molar-refractivity contribution >= 4 is 17.5 Å². The summed E-state index contributed by atoms with van der Waals surface area (Å²) >= 11 is 6.02. The first-order valence-electron chi connectivity index (χ1n) is 8.92. The second-order valence-electron chi connectivity index (χ2n) is 6.51. The minimum absolute atomic E-state index is 0.0642. The molecule has 0 spiro atoms. The van der Waals surface area contributed by atoms with E-state index < -0.39 is 5.82 Å². The first kappa shape index (κ1) is 18.5. The zero-order valence-electron chi connectivity index (χ0n) is 15.0. The molecule has 7 nitrogen and oxygen atoms in total. The molecule has 3 aromatic rings. The van der Waals surface area contributed by atoms with Crippen molar-refractivity contribution in [2.24, 2.45) is 0 Å². The molecule has 1 aromatic heterocycles. The summed E-state index contributed by atoms with van der Waals surface area (Å²) in [5, 5.41) is 12.1. The van der Waals surface area contributed by atoms with Crippen LogP contribution in [0, 0.1) is 5.82 Å². The van der Waals surface area contributed by atoms with Crippen LogP contribution >= 0.6 is 11.6 Å². The fraction of sp³-hybridized carbons (Fsp3) is 0.263. The Balaban J connectivity index is 1.41. The molecule has 28 heavy (non-hydrogen) atoms. The number of carbonyl (C=O) groups excluding carboxylic acids is 1. The van der Waals surface area contributed by atoms with Crippen LogP contribution in [-0.4, -0.2) is 62.1 Å². The van der Waals surface area contributed by atoms with Crippen molar-refractivity contribution in [1.82, 2.24) is 30.0 Å². The van der Waals surface area contributed by atoms with E-state index in [1.54, 1.807) is 9.58 Å². The summed E-state index contributed by atoms with van der Waals surface area (Å²) in [6.07, 6.45) is 0. The maximum atomic E-state index is 14.0. The highest BCUT2D eigenvalue weighted by molar-refractivity contribution is 6.33. The van der Waals surface area contributed by atoms with Crippen LogP contribution in [-0.2, 0) is 6.54 Å². The molecule has 1 aliphatic rings. The summed E-state index contributed by atoms with van der Waals surface area (Å²) in [5.41, 5.74) is 0.830. The first-order chi connectivity index (χ1) is 13.6. The molecule has 1 aliphatic heterocycles. The fourth-order valence-corrected chi connectivity index (χ4v) is 3.49. The van der Waals surface area contributed by atoms with Crippen LogP contribution in [0.3, 0.4) is 0 Å². The lowest BCUT2D eigenvalue weighted by molar-refractivity contribution is 0.0620. The normalized spacial score (nSPS) is 15.0. The van der Waals surface area contributed by atoms with Crippen molar-refractivity contribution in [1.29, 1.82) is 0 Å². The summed E-state index contributed by atoms with van der Waals surface area (Å²) in [6, 6.07) is 13.9. The van der Waals surface area contributed by atoms with Gasteiger partial charge in [-0.25, -0.2) is 4.39 Å². The van der Waals surface area contributed by atoms with E-state index in [0.29, 0.717) is 32.7 Å². The smallest absolute Gasteiger partial charge is 0.258 e. The van der Waals surface area contributed by atoms with E-state index in [4.69, 9.17) is 11.6 Å². The van der Waals surface area contributed by atoms with Gasteiger partial charge in [-0.15, -0.1) is 5.10 Å². The van der Waals surface area contributed by atoms with Gasteiger partial charge in [-0.2, -0.15) is 4.68 Å². The van der Waals surface area contributed by atoms with Gasteiger partial charge in [0.1, 0.15) is 5.82 Å². The Morgan fingerprint density at radius 2 is 1.79 bits per heavy atom. The third-order valence-corrected chi connectivity index (χ3v) is 5.05. The monoisotopic (exact) mass is 400 g/mol. The fourth-order valence-electron chi connectivity index (χ4n) is 3.24. The number of rotatable bonds is 4. The molecule has 0 saturated carbocycles. The molecule has 1 amide bonds. The zero-order chi connectivity index (χ0) is 19.5. The quantitative estimate of drug-likeness (QED) is 0.672. The molecule has 2 aromatic carbocycles. The van der Waals surface area contributed by atoms with Gasteiger partial charge in [-0.05, 0) is 34.7 Å². The van der Waals surface area contributed by atoms with Gasteiger partial charge in [0.2, 0.25) is 0 Å². The van der Waals surface area contributed by atoms with Gasteiger partial charge in [0.25, 0.3) is 5.91 Å². The number of carbonyl (C=O) groups is 1. The molecule has 1 saturated heterocycles. The van der Waals surface area contributed by atoms with Gasteiger partial charge >= 0.3 is 0 Å². The van der Waals surface area contributed by atoms with Gasteiger partial charge in [0.15, 0.2) is 5.82 Å². The molecule has 0 radical (unpaired) electrons. The van der Waals surface area contributed by atoms with Crippen molar-refractivity contribution in [2.45, 2.75) is 6.54 Å². The number of amides is 1. The van der Waals surface area contributed by atoms with Crippen LogP contribution in [0.1, 0.15) is 16.2 Å². The Morgan fingerprint density at radius 3 is 2.50 bits per heavy atom. The highest BCUT2D eigenvalue weighted by Crippen LogP contribution is 2.21. The Morgan fingerprint density at radius 1 is 1.04 bits per heavy atom. The SMILES string of the molecule is O=C(c1c(F)cccc1Cl)N1CCN(Cc2nnnn2-c2ccccc2)CC1. The Hall–Kier alpha value is -2.84. The molecule has 9 heteroatoms. The van der Waals surface area contributed by atoms with Crippen molar-refractivity contribution in [3.63, 3.8) is 0 Å². The lowest BCUT2D eigenvalue weighted by atomic mass is 10.1. The molecule has 2 heterocycles. The minimum Gasteiger partial charge on any atom is -0.336 e. The van der Waals surface area contributed by atoms with E-state index in [9.17, 15) is 9.18 Å². The maximum Gasteiger partial charge on any atom is 0.258 e. The van der Waals surface area contributed by atoms with Crippen LogP contribution in [0.15, 0.2) is 48.5 Å². The van der Waals surface area contributed by atoms with Gasteiger partial charge in [0.05, 0.1) is 22.8 Å². The molecule has 4 rings (SSSR count). The number of halogens is 2. The highest BCUT2D eigenvalue weighted by Gasteiger charge is 2.26. The summed E-state index contributed by atoms with van der Waals surface area (Å²) in [5.74, 6) is -0.248. The third kappa shape index (κ3) is 3.74. The van der Waals surface area contributed by atoms with E-state index in [1.165, 1.54) is 18.2 Å². The zero-order valence-corrected chi connectivity index (χ0v) is 15.8. The van der Waals surface area contributed by atoms with Crippen molar-refractivity contribution in [3.05, 3.63) is 70.8 Å². The summed E-state index contributed by atoms with van der Waals surface area (Å²) < 4.78 is 15.7. The number of aromatic nitrogens is 4. The van der Waals surface area contributed by atoms with Crippen LogP contribution in [0.25, 0.3) is 5.69 Å². The van der Waals surface area contributed by atoms with Crippen molar-refractivity contribution in [2.75, 3.05) is 26.2 Å². The largest absolute Gasteiger partial charge is 0.336 e. The topological polar surface area (TPSA) is 67.2 Å². The van der Waals surface area contributed by atoms with E-state index in [0.717, 1.165) is 11.5 Å². The van der Waals surface area contributed by atoms with E-state index in [2.05, 4.69) is 20.4 Å². The Bertz CT molecular complexity index is 951. The number of piperazine rings is 1. The number of hydrogen-bond donors (Lipinski definition) is 0. The molecular formula is C19H18ClFN6O. The van der Waals surface area contributed by atoms with Crippen LogP contribution in [0.5, 0.6) is 0 Å². The van der Waals surface area contributed by atoms with Crippen LogP contribution in [0.4, 0.5) is 4.39 Å². The number of tetrazole rings is 1. The molecule has 0 atom stereocenters. The summed E-state index contributed by atoms with van der Waals surface area (Å²) in [4.78, 5) is 16.4.